The molecular weight excluding hydrogens is 506 g/mol. The number of anilines is 2. The van der Waals surface area contributed by atoms with E-state index in [0.29, 0.717) is 24.6 Å². The summed E-state index contributed by atoms with van der Waals surface area (Å²) in [4.78, 5) is 26.5. The largest absolute Gasteiger partial charge is 0.491 e. The third-order valence-corrected chi connectivity index (χ3v) is 8.19. The molecule has 194 valence electrons. The molecule has 3 heterocycles. The number of aryl methyl sites for hydroxylation is 1. The summed E-state index contributed by atoms with van der Waals surface area (Å²) in [6.45, 7) is 7.38. The van der Waals surface area contributed by atoms with E-state index < -0.39 is 5.97 Å². The lowest BCUT2D eigenvalue weighted by atomic mass is 10.0. The summed E-state index contributed by atoms with van der Waals surface area (Å²) in [5, 5.41) is 2.75. The molecule has 0 radical (unpaired) electrons. The first-order valence-corrected chi connectivity index (χ1v) is 13.6. The third kappa shape index (κ3) is 5.84. The molecule has 0 aliphatic carbocycles. The predicted molar refractivity (Wildman–Crippen MR) is 151 cm³/mol. The minimum atomic E-state index is -0.437. The molecule has 0 spiro atoms. The van der Waals surface area contributed by atoms with E-state index >= 15 is 0 Å². The zero-order chi connectivity index (χ0) is 26.5. The van der Waals surface area contributed by atoms with Gasteiger partial charge in [-0.2, -0.15) is 0 Å². The van der Waals surface area contributed by atoms with Gasteiger partial charge in [0.05, 0.1) is 19.4 Å². The average molecular weight is 538 g/mol. The Bertz CT molecular complexity index is 1370. The summed E-state index contributed by atoms with van der Waals surface area (Å²) in [7, 11) is 4.92. The van der Waals surface area contributed by atoms with Gasteiger partial charge in [-0.25, -0.2) is 14.8 Å². The first-order chi connectivity index (χ1) is 17.8. The first-order valence-electron chi connectivity index (χ1n) is 11.9. The van der Waals surface area contributed by atoms with Crippen molar-refractivity contribution in [1.82, 2.24) is 9.97 Å². The van der Waals surface area contributed by atoms with Crippen LogP contribution in [0.25, 0.3) is 21.7 Å². The van der Waals surface area contributed by atoms with Gasteiger partial charge >= 0.3 is 5.97 Å². The van der Waals surface area contributed by atoms with Gasteiger partial charge < -0.3 is 19.1 Å². The van der Waals surface area contributed by atoms with E-state index in [9.17, 15) is 4.79 Å². The van der Waals surface area contributed by atoms with E-state index in [-0.39, 0.29) is 5.92 Å². The van der Waals surface area contributed by atoms with Crippen LogP contribution in [-0.2, 0) is 9.47 Å². The number of esters is 1. The molecule has 0 bridgehead atoms. The number of hydrogen-bond donors (Lipinski definition) is 0. The van der Waals surface area contributed by atoms with Crippen LogP contribution in [0, 0.1) is 6.92 Å². The summed E-state index contributed by atoms with van der Waals surface area (Å²) in [5.41, 5.74) is 4.24. The van der Waals surface area contributed by atoms with Crippen molar-refractivity contribution in [2.75, 3.05) is 39.4 Å². The zero-order valence-electron chi connectivity index (χ0n) is 21.9. The molecule has 0 unspecified atom stereocenters. The Balaban J connectivity index is 1.71. The van der Waals surface area contributed by atoms with Crippen LogP contribution in [0.4, 0.5) is 10.9 Å². The molecule has 4 rings (SSSR count). The number of methoxy groups -OCH3 is 2. The lowest BCUT2D eigenvalue weighted by Crippen LogP contribution is -2.16. The molecular formula is C28H31N3O4S2. The number of benzene rings is 1. The first kappa shape index (κ1) is 26.8. The topological polar surface area (TPSA) is 73.8 Å². The molecule has 1 aromatic carbocycles. The molecule has 3 aromatic heterocycles. The Kier molecular flexibility index (Phi) is 8.58. The Morgan fingerprint density at radius 1 is 1.11 bits per heavy atom. The fraction of sp³-hybridized carbons (Fsp3) is 0.321. The number of carbonyl (C=O) groups is 1. The lowest BCUT2D eigenvalue weighted by molar-refractivity contribution is 0.0601. The molecule has 0 N–H and O–H groups in total. The van der Waals surface area contributed by atoms with Crippen LogP contribution in [0.15, 0.2) is 48.0 Å². The van der Waals surface area contributed by atoms with E-state index in [0.717, 1.165) is 43.0 Å². The molecule has 0 aliphatic heterocycles. The number of hydrogen-bond acceptors (Lipinski definition) is 9. The molecule has 0 fully saturated rings. The van der Waals surface area contributed by atoms with Crippen molar-refractivity contribution in [3.63, 3.8) is 0 Å². The Morgan fingerprint density at radius 2 is 1.92 bits per heavy atom. The number of thiazole rings is 1. The number of rotatable bonds is 10. The summed E-state index contributed by atoms with van der Waals surface area (Å²) in [5.74, 6) is 1.16. The van der Waals surface area contributed by atoms with E-state index in [2.05, 4.69) is 24.9 Å². The van der Waals surface area contributed by atoms with Crippen molar-refractivity contribution < 1.29 is 19.0 Å². The van der Waals surface area contributed by atoms with Gasteiger partial charge in [-0.3, -0.25) is 0 Å². The van der Waals surface area contributed by atoms with E-state index in [1.165, 1.54) is 7.11 Å². The lowest BCUT2D eigenvalue weighted by Gasteiger charge is -2.18. The fourth-order valence-corrected chi connectivity index (χ4v) is 5.67. The second-order valence-corrected chi connectivity index (χ2v) is 10.8. The van der Waals surface area contributed by atoms with Crippen molar-refractivity contribution in [2.45, 2.75) is 26.7 Å². The predicted octanol–water partition coefficient (Wildman–Crippen LogP) is 6.95. The highest BCUT2D eigenvalue weighted by Crippen LogP contribution is 2.41. The van der Waals surface area contributed by atoms with Crippen molar-refractivity contribution in [3.8, 4) is 27.4 Å². The molecule has 0 atom stereocenters. The van der Waals surface area contributed by atoms with Gasteiger partial charge in [-0.1, -0.05) is 19.9 Å². The van der Waals surface area contributed by atoms with Crippen LogP contribution in [0.5, 0.6) is 5.75 Å². The van der Waals surface area contributed by atoms with Crippen molar-refractivity contribution in [1.29, 1.82) is 0 Å². The van der Waals surface area contributed by atoms with Crippen molar-refractivity contribution >= 4 is 39.6 Å². The number of pyridine rings is 1. The number of thiophene rings is 1. The van der Waals surface area contributed by atoms with Crippen LogP contribution in [0.3, 0.4) is 0 Å². The zero-order valence-corrected chi connectivity index (χ0v) is 23.5. The summed E-state index contributed by atoms with van der Waals surface area (Å²) < 4.78 is 16.0. The van der Waals surface area contributed by atoms with Crippen LogP contribution in [0.1, 0.15) is 40.6 Å². The normalized spacial score (nSPS) is 11.1. The van der Waals surface area contributed by atoms with Crippen LogP contribution in [-0.4, -0.2) is 50.4 Å². The molecule has 0 saturated carbocycles. The number of nitrogens with zero attached hydrogens (tertiary/aromatic N) is 3. The quantitative estimate of drug-likeness (QED) is 0.160. The highest BCUT2D eigenvalue weighted by atomic mass is 32.1. The number of ether oxygens (including phenoxy) is 3. The minimum absolute atomic E-state index is 0.266. The van der Waals surface area contributed by atoms with Gasteiger partial charge in [0.15, 0.2) is 5.13 Å². The van der Waals surface area contributed by atoms with Crippen molar-refractivity contribution in [2.24, 2.45) is 0 Å². The van der Waals surface area contributed by atoms with E-state index in [1.54, 1.807) is 36.0 Å². The summed E-state index contributed by atoms with van der Waals surface area (Å²) in [6.07, 6.45) is 1.79. The second-order valence-electron chi connectivity index (χ2n) is 8.81. The monoisotopic (exact) mass is 537 g/mol. The van der Waals surface area contributed by atoms with Gasteiger partial charge in [-0.15, -0.1) is 22.7 Å². The van der Waals surface area contributed by atoms with Crippen LogP contribution in [0.2, 0.25) is 0 Å². The minimum Gasteiger partial charge on any atom is -0.491 e. The molecule has 4 aromatic rings. The van der Waals surface area contributed by atoms with Gasteiger partial charge in [-0.05, 0) is 54.1 Å². The van der Waals surface area contributed by atoms with Crippen LogP contribution >= 0.6 is 22.7 Å². The SMILES string of the molecule is COCCOc1ccc(-c2nc(N(C)c3ncc(-c4cccs4)cc3C(=O)OC)sc2C(C)C)cc1C. The fourth-order valence-electron chi connectivity index (χ4n) is 3.91. The average Bonchev–Trinajstić information content (AvgIpc) is 3.59. The number of carbonyl (C=O) groups excluding carboxylic acids is 1. The standard InChI is InChI=1S/C28H31N3O4S2/c1-17(2)25-24(19-9-10-22(18(3)14-19)35-12-11-33-5)30-28(37-25)31(4)26-21(27(32)34-6)15-20(16-29-26)23-8-7-13-36-23/h7-10,13-17H,11-12H2,1-6H3. The van der Waals surface area contributed by atoms with E-state index in [4.69, 9.17) is 19.2 Å². The summed E-state index contributed by atoms with van der Waals surface area (Å²) >= 11 is 3.20. The highest BCUT2D eigenvalue weighted by Gasteiger charge is 2.24. The van der Waals surface area contributed by atoms with Crippen LogP contribution < -0.4 is 9.64 Å². The number of aromatic nitrogens is 2. The molecule has 0 saturated heterocycles. The maximum atomic E-state index is 12.7. The molecule has 9 heteroatoms. The van der Waals surface area contributed by atoms with Gasteiger partial charge in [0.2, 0.25) is 0 Å². The molecule has 0 aliphatic rings. The highest BCUT2D eigenvalue weighted by molar-refractivity contribution is 7.16. The van der Waals surface area contributed by atoms with E-state index in [1.807, 2.05) is 54.6 Å². The molecule has 0 amide bonds. The van der Waals surface area contributed by atoms with Gasteiger partial charge in [0.1, 0.15) is 23.7 Å². The van der Waals surface area contributed by atoms with Gasteiger partial charge in [0.25, 0.3) is 0 Å². The Morgan fingerprint density at radius 3 is 2.57 bits per heavy atom. The Labute approximate surface area is 225 Å². The van der Waals surface area contributed by atoms with Gasteiger partial charge in [0, 0.05) is 41.2 Å². The third-order valence-electron chi connectivity index (χ3n) is 5.84. The maximum Gasteiger partial charge on any atom is 0.341 e. The van der Waals surface area contributed by atoms with Crippen molar-refractivity contribution in [3.05, 3.63) is 64.0 Å². The Hall–Kier alpha value is -3.27. The second kappa shape index (κ2) is 11.9. The summed E-state index contributed by atoms with van der Waals surface area (Å²) in [6, 6.07) is 11.9. The molecule has 37 heavy (non-hydrogen) atoms. The molecule has 7 nitrogen and oxygen atoms in total. The smallest absolute Gasteiger partial charge is 0.341 e. The maximum absolute atomic E-state index is 12.7.